The van der Waals surface area contributed by atoms with Crippen molar-refractivity contribution in [1.29, 1.82) is 0 Å². The fourth-order valence-electron chi connectivity index (χ4n) is 1.68. The van der Waals surface area contributed by atoms with Crippen molar-refractivity contribution in [1.82, 2.24) is 19.7 Å². The zero-order valence-corrected chi connectivity index (χ0v) is 12.2. The van der Waals surface area contributed by atoms with Crippen LogP contribution in [-0.4, -0.2) is 26.0 Å². The topological polar surface area (TPSA) is 43.6 Å². The fraction of sp³-hybridized carbons (Fsp3) is 0.417. The Kier molecular flexibility index (Phi) is 4.24. The summed E-state index contributed by atoms with van der Waals surface area (Å²) in [6.45, 7) is 4.19. The second-order valence-electron chi connectivity index (χ2n) is 3.78. The van der Waals surface area contributed by atoms with Gasteiger partial charge < -0.3 is 0 Å². The molecule has 2 aromatic rings. The summed E-state index contributed by atoms with van der Waals surface area (Å²) in [5, 5.41) is 5.65. The van der Waals surface area contributed by atoms with Crippen LogP contribution in [0.5, 0.6) is 0 Å². The van der Waals surface area contributed by atoms with E-state index in [0.29, 0.717) is 10.3 Å². The van der Waals surface area contributed by atoms with Crippen LogP contribution in [0, 0.1) is 0 Å². The van der Waals surface area contributed by atoms with Crippen molar-refractivity contribution in [3.63, 3.8) is 0 Å². The normalized spacial score (nSPS) is 10.9. The van der Waals surface area contributed by atoms with Crippen LogP contribution in [0.15, 0.2) is 17.3 Å². The quantitative estimate of drug-likeness (QED) is 0.491. The second kappa shape index (κ2) is 5.71. The van der Waals surface area contributed by atoms with Crippen molar-refractivity contribution in [2.24, 2.45) is 0 Å². The monoisotopic (exact) mass is 282 g/mol. The molecule has 2 heterocycles. The molecule has 4 nitrogen and oxygen atoms in total. The van der Waals surface area contributed by atoms with Gasteiger partial charge in [-0.3, -0.25) is 0 Å². The molecule has 0 aliphatic carbocycles. The van der Waals surface area contributed by atoms with Crippen LogP contribution in [-0.2, 0) is 12.8 Å². The third-order valence-electron chi connectivity index (χ3n) is 2.62. The van der Waals surface area contributed by atoms with Crippen molar-refractivity contribution < 1.29 is 0 Å². The van der Waals surface area contributed by atoms with Gasteiger partial charge in [0, 0.05) is 11.8 Å². The van der Waals surface area contributed by atoms with Gasteiger partial charge in [-0.25, -0.2) is 14.6 Å². The zero-order chi connectivity index (χ0) is 13.1. The van der Waals surface area contributed by atoms with Crippen LogP contribution >= 0.6 is 23.4 Å². The summed E-state index contributed by atoms with van der Waals surface area (Å²) in [5.41, 5.74) is 2.20. The Bertz CT molecular complexity index is 553. The van der Waals surface area contributed by atoms with Gasteiger partial charge in [-0.15, -0.1) is 0 Å². The highest BCUT2D eigenvalue weighted by Gasteiger charge is 2.10. The summed E-state index contributed by atoms with van der Waals surface area (Å²) in [7, 11) is 0. The Morgan fingerprint density at radius 1 is 1.22 bits per heavy atom. The molecule has 0 aromatic carbocycles. The van der Waals surface area contributed by atoms with Crippen LogP contribution in [0.1, 0.15) is 25.2 Å². The Labute approximate surface area is 116 Å². The number of rotatable bonds is 4. The van der Waals surface area contributed by atoms with Gasteiger partial charge in [-0.05, 0) is 25.2 Å². The SMILES string of the molecule is CCc1cc(CC)n(-c2cc(Cl)nc(SC)n2)n1. The third-order valence-corrected chi connectivity index (χ3v) is 3.36. The molecule has 0 spiro atoms. The predicted molar refractivity (Wildman–Crippen MR) is 74.7 cm³/mol. The Morgan fingerprint density at radius 2 is 2.00 bits per heavy atom. The second-order valence-corrected chi connectivity index (χ2v) is 4.94. The number of hydrogen-bond donors (Lipinski definition) is 0. The van der Waals surface area contributed by atoms with Gasteiger partial charge in [-0.1, -0.05) is 37.2 Å². The Hall–Kier alpha value is -1.07. The molecule has 18 heavy (non-hydrogen) atoms. The standard InChI is InChI=1S/C12H15ClN4S/c1-4-8-6-9(5-2)17(16-8)11-7-10(13)14-12(15-11)18-3/h6-7H,4-5H2,1-3H3. The van der Waals surface area contributed by atoms with Gasteiger partial charge in [0.1, 0.15) is 5.15 Å². The maximum Gasteiger partial charge on any atom is 0.190 e. The lowest BCUT2D eigenvalue weighted by Crippen LogP contribution is -2.05. The molecular formula is C12H15ClN4S. The highest BCUT2D eigenvalue weighted by atomic mass is 35.5. The largest absolute Gasteiger partial charge is 0.219 e. The molecule has 2 rings (SSSR count). The summed E-state index contributed by atoms with van der Waals surface area (Å²) in [6.07, 6.45) is 3.74. The molecule has 0 fully saturated rings. The van der Waals surface area contributed by atoms with Gasteiger partial charge in [0.15, 0.2) is 11.0 Å². The number of aryl methyl sites for hydroxylation is 2. The van der Waals surface area contributed by atoms with Gasteiger partial charge in [0.25, 0.3) is 0 Å². The van der Waals surface area contributed by atoms with Gasteiger partial charge >= 0.3 is 0 Å². The zero-order valence-electron chi connectivity index (χ0n) is 10.6. The summed E-state index contributed by atoms with van der Waals surface area (Å²) in [6, 6.07) is 3.85. The first-order chi connectivity index (χ1) is 8.67. The average molecular weight is 283 g/mol. The van der Waals surface area contributed by atoms with Crippen LogP contribution in [0.2, 0.25) is 5.15 Å². The maximum atomic E-state index is 6.01. The van der Waals surface area contributed by atoms with Gasteiger partial charge in [0.05, 0.1) is 5.69 Å². The lowest BCUT2D eigenvalue weighted by Gasteiger charge is -2.06. The van der Waals surface area contributed by atoms with Crippen LogP contribution in [0.4, 0.5) is 0 Å². The molecule has 0 saturated carbocycles. The molecule has 0 radical (unpaired) electrons. The lowest BCUT2D eigenvalue weighted by molar-refractivity contribution is 0.751. The molecule has 0 aliphatic heterocycles. The van der Waals surface area contributed by atoms with Crippen molar-refractivity contribution in [2.45, 2.75) is 31.8 Å². The van der Waals surface area contributed by atoms with Gasteiger partial charge in [-0.2, -0.15) is 5.10 Å². The van der Waals surface area contributed by atoms with Crippen molar-refractivity contribution in [3.8, 4) is 5.82 Å². The first kappa shape index (κ1) is 13.4. The summed E-state index contributed by atoms with van der Waals surface area (Å²) in [5.74, 6) is 0.732. The maximum absolute atomic E-state index is 6.01. The minimum atomic E-state index is 0.444. The molecule has 6 heteroatoms. The number of aromatic nitrogens is 4. The molecule has 0 unspecified atom stereocenters. The van der Waals surface area contributed by atoms with Gasteiger partial charge in [0.2, 0.25) is 0 Å². The predicted octanol–water partition coefficient (Wildman–Crippen LogP) is 3.16. The van der Waals surface area contributed by atoms with E-state index < -0.39 is 0 Å². The molecule has 0 saturated heterocycles. The van der Waals surface area contributed by atoms with E-state index in [1.165, 1.54) is 11.8 Å². The summed E-state index contributed by atoms with van der Waals surface area (Å²) < 4.78 is 1.85. The van der Waals surface area contributed by atoms with E-state index in [9.17, 15) is 0 Å². The van der Waals surface area contributed by atoms with Crippen LogP contribution < -0.4 is 0 Å². The first-order valence-electron chi connectivity index (χ1n) is 5.84. The number of nitrogens with zero attached hydrogens (tertiary/aromatic N) is 4. The lowest BCUT2D eigenvalue weighted by atomic mass is 10.2. The highest BCUT2D eigenvalue weighted by molar-refractivity contribution is 7.98. The fourth-order valence-corrected chi connectivity index (χ4v) is 2.29. The van der Waals surface area contributed by atoms with E-state index in [2.05, 4.69) is 35.0 Å². The smallest absolute Gasteiger partial charge is 0.190 e. The van der Waals surface area contributed by atoms with E-state index in [0.717, 1.165) is 30.0 Å². The molecule has 0 atom stereocenters. The number of thioether (sulfide) groups is 1. The Balaban J connectivity index is 2.53. The molecule has 0 bridgehead atoms. The van der Waals surface area contributed by atoms with E-state index in [1.54, 1.807) is 6.07 Å². The third kappa shape index (κ3) is 2.67. The molecule has 0 aliphatic rings. The van der Waals surface area contributed by atoms with Crippen LogP contribution in [0.3, 0.4) is 0 Å². The highest BCUT2D eigenvalue weighted by Crippen LogP contribution is 2.19. The van der Waals surface area contributed by atoms with E-state index in [4.69, 9.17) is 11.6 Å². The summed E-state index contributed by atoms with van der Waals surface area (Å²) in [4.78, 5) is 8.58. The molecular weight excluding hydrogens is 268 g/mol. The first-order valence-corrected chi connectivity index (χ1v) is 7.45. The Morgan fingerprint density at radius 3 is 2.61 bits per heavy atom. The molecule has 0 amide bonds. The minimum absolute atomic E-state index is 0.444. The van der Waals surface area contributed by atoms with Crippen molar-refractivity contribution in [2.75, 3.05) is 6.26 Å². The molecule has 0 N–H and O–H groups in total. The number of halogens is 1. The van der Waals surface area contributed by atoms with Crippen molar-refractivity contribution >= 4 is 23.4 Å². The van der Waals surface area contributed by atoms with E-state index in [-0.39, 0.29) is 0 Å². The molecule has 2 aromatic heterocycles. The van der Waals surface area contributed by atoms with Crippen LogP contribution in [0.25, 0.3) is 5.82 Å². The summed E-state index contributed by atoms with van der Waals surface area (Å²) >= 11 is 7.48. The minimum Gasteiger partial charge on any atom is -0.219 e. The number of hydrogen-bond acceptors (Lipinski definition) is 4. The van der Waals surface area contributed by atoms with Crippen molar-refractivity contribution in [3.05, 3.63) is 28.7 Å². The van der Waals surface area contributed by atoms with E-state index in [1.807, 2.05) is 10.9 Å². The van der Waals surface area contributed by atoms with E-state index >= 15 is 0 Å². The molecule has 96 valence electrons. The average Bonchev–Trinajstić information content (AvgIpc) is 2.81.